The first-order chi connectivity index (χ1) is 29.4. The minimum atomic E-state index is -2.77. The largest absolute Gasteiger partial charge is 0.466 e. The SMILES string of the molecule is CC(C)[C@H](NC(=O)[C@]1(C)CSC(c2coc(CNC(=O)OC(C)(C)C)n2)=N1)C(=O)O[C@H](/C=C/CCO[Si](c1ccccc1)(c1ccccc1)C(C)(C)C)CC(=O)OCC[Si](C)(C)C. The summed E-state index contributed by atoms with van der Waals surface area (Å²) in [6.45, 7) is 24.6. The normalized spacial score (nSPS) is 16.9. The highest BCUT2D eigenvalue weighted by Gasteiger charge is 2.50. The van der Waals surface area contributed by atoms with Crippen molar-refractivity contribution in [1.82, 2.24) is 15.6 Å². The molecule has 4 rings (SSSR count). The third-order valence-electron chi connectivity index (χ3n) is 10.2. The van der Waals surface area contributed by atoms with Crippen LogP contribution in [0.2, 0.25) is 30.7 Å². The fourth-order valence-electron chi connectivity index (χ4n) is 6.85. The van der Waals surface area contributed by atoms with Gasteiger partial charge >= 0.3 is 18.0 Å². The lowest BCUT2D eigenvalue weighted by molar-refractivity contribution is -0.156. The Kier molecular flexibility index (Phi) is 17.8. The van der Waals surface area contributed by atoms with E-state index in [2.05, 4.69) is 80.3 Å². The van der Waals surface area contributed by atoms with E-state index in [1.54, 1.807) is 33.8 Å². The van der Waals surface area contributed by atoms with Crippen LogP contribution in [0.5, 0.6) is 0 Å². The zero-order chi connectivity index (χ0) is 46.6. The molecular formula is C47H68N4O9SSi2. The first kappa shape index (κ1) is 51.1. The van der Waals surface area contributed by atoms with E-state index in [9.17, 15) is 19.2 Å². The summed E-state index contributed by atoms with van der Waals surface area (Å²) in [6.07, 6.45) is 3.77. The van der Waals surface area contributed by atoms with Crippen molar-refractivity contribution >= 4 is 67.5 Å². The number of rotatable bonds is 20. The van der Waals surface area contributed by atoms with Gasteiger partial charge in [-0.3, -0.25) is 14.6 Å². The molecule has 1 aliphatic rings. The van der Waals surface area contributed by atoms with Crippen LogP contribution >= 0.6 is 11.8 Å². The summed E-state index contributed by atoms with van der Waals surface area (Å²) < 4.78 is 29.5. The van der Waals surface area contributed by atoms with E-state index in [1.165, 1.54) is 28.4 Å². The standard InChI is InChI=1S/C47H68N4O9SSi2/c1-33(2)40(50-43(54)47(9)32-61-41(51-47)37-31-57-38(49-37)30-48-44(55)60-45(3,4)5)42(53)59-34(29-39(52)56-27-28-62(10,11)12)21-19-20-26-58-63(46(6,7)8,35-22-15-13-16-23-35)36-24-17-14-18-25-36/h13-19,21-25,31,33-34,40H,20,26-30,32H2,1-12H3,(H,48,55)(H,50,54)/b21-19+/t34-,40+,47+/m1/s1. The number of hydrogen-bond donors (Lipinski definition) is 2. The molecular weight excluding hydrogens is 853 g/mol. The number of alkyl carbamates (subject to hydrolysis) is 1. The highest BCUT2D eigenvalue weighted by Crippen LogP contribution is 2.37. The first-order valence-electron chi connectivity index (χ1n) is 21.7. The molecule has 0 aliphatic carbocycles. The van der Waals surface area contributed by atoms with Crippen LogP contribution in [0.4, 0.5) is 4.79 Å². The number of hydrogen-bond acceptors (Lipinski definition) is 12. The summed E-state index contributed by atoms with van der Waals surface area (Å²) in [5, 5.41) is 8.13. The van der Waals surface area contributed by atoms with Gasteiger partial charge in [-0.05, 0) is 67.6 Å². The Morgan fingerprint density at radius 1 is 0.937 bits per heavy atom. The molecule has 2 heterocycles. The van der Waals surface area contributed by atoms with Crippen molar-refractivity contribution in [3.05, 3.63) is 90.7 Å². The maximum atomic E-state index is 14.0. The Morgan fingerprint density at radius 3 is 2.11 bits per heavy atom. The number of nitrogens with one attached hydrogen (secondary N) is 2. The van der Waals surface area contributed by atoms with Gasteiger partial charge < -0.3 is 33.7 Å². The fourth-order valence-corrected chi connectivity index (χ4v) is 13.3. The second-order valence-electron chi connectivity index (χ2n) is 19.6. The predicted octanol–water partition coefficient (Wildman–Crippen LogP) is 7.80. The number of benzene rings is 2. The molecule has 3 atom stereocenters. The van der Waals surface area contributed by atoms with E-state index in [-0.39, 0.29) is 35.6 Å². The van der Waals surface area contributed by atoms with E-state index in [1.807, 2.05) is 56.3 Å². The van der Waals surface area contributed by atoms with Gasteiger partial charge in [-0.1, -0.05) is 121 Å². The first-order valence-corrected chi connectivity index (χ1v) is 28.3. The van der Waals surface area contributed by atoms with Crippen molar-refractivity contribution < 1.29 is 42.2 Å². The highest BCUT2D eigenvalue weighted by atomic mass is 32.2. The monoisotopic (exact) mass is 920 g/mol. The lowest BCUT2D eigenvalue weighted by atomic mass is 10.0. The number of aromatic nitrogens is 1. The lowest BCUT2D eigenvalue weighted by Crippen LogP contribution is -2.66. The van der Waals surface area contributed by atoms with Crippen molar-refractivity contribution in [1.29, 1.82) is 0 Å². The van der Waals surface area contributed by atoms with Crippen molar-refractivity contribution in [2.75, 3.05) is 19.0 Å². The zero-order valence-corrected chi connectivity index (χ0v) is 42.0. The average Bonchev–Trinajstić information content (AvgIpc) is 3.84. The molecule has 16 heteroatoms. The Labute approximate surface area is 380 Å². The number of aliphatic imine (C=N–C) groups is 1. The van der Waals surface area contributed by atoms with Gasteiger partial charge in [-0.2, -0.15) is 0 Å². The van der Waals surface area contributed by atoms with Crippen LogP contribution in [-0.4, -0.2) is 92.6 Å². The molecule has 0 unspecified atom stereocenters. The Bertz CT molecular complexity index is 2020. The summed E-state index contributed by atoms with van der Waals surface area (Å²) in [5.41, 5.74) is -1.46. The van der Waals surface area contributed by atoms with Gasteiger partial charge in [-0.15, -0.1) is 11.8 Å². The number of oxazole rings is 1. The molecule has 2 aromatic carbocycles. The summed E-state index contributed by atoms with van der Waals surface area (Å²) in [5.74, 6) is -1.44. The molecule has 0 bridgehead atoms. The number of amides is 2. The van der Waals surface area contributed by atoms with Crippen molar-refractivity contribution in [3.63, 3.8) is 0 Å². The van der Waals surface area contributed by atoms with Gasteiger partial charge in [0.2, 0.25) is 11.8 Å². The van der Waals surface area contributed by atoms with Crippen LogP contribution in [0, 0.1) is 5.92 Å². The van der Waals surface area contributed by atoms with Gasteiger partial charge in [0.05, 0.1) is 19.6 Å². The highest BCUT2D eigenvalue weighted by molar-refractivity contribution is 8.14. The van der Waals surface area contributed by atoms with Gasteiger partial charge in [-0.25, -0.2) is 14.6 Å². The number of carbonyl (C=O) groups excluding carboxylic acids is 4. The molecule has 0 saturated carbocycles. The van der Waals surface area contributed by atoms with E-state index in [0.717, 1.165) is 6.04 Å². The average molecular weight is 921 g/mol. The zero-order valence-electron chi connectivity index (χ0n) is 39.2. The van der Waals surface area contributed by atoms with E-state index in [4.69, 9.17) is 28.0 Å². The molecule has 0 saturated heterocycles. The molecule has 2 amide bonds. The quantitative estimate of drug-likeness (QED) is 0.0373. The molecule has 63 heavy (non-hydrogen) atoms. The molecule has 13 nitrogen and oxygen atoms in total. The smallest absolute Gasteiger partial charge is 0.408 e. The second-order valence-corrected chi connectivity index (χ2v) is 30.5. The number of thioether (sulfide) groups is 1. The number of esters is 2. The second kappa shape index (κ2) is 21.9. The molecule has 0 fully saturated rings. The Morgan fingerprint density at radius 2 is 1.56 bits per heavy atom. The summed E-state index contributed by atoms with van der Waals surface area (Å²) in [7, 11) is -4.23. The van der Waals surface area contributed by atoms with Crippen molar-refractivity contribution in [3.8, 4) is 0 Å². The maximum absolute atomic E-state index is 14.0. The van der Waals surface area contributed by atoms with Crippen LogP contribution in [0.1, 0.15) is 86.7 Å². The van der Waals surface area contributed by atoms with Gasteiger partial charge in [0.1, 0.15) is 40.3 Å². The summed E-state index contributed by atoms with van der Waals surface area (Å²) in [6, 6.07) is 20.6. The number of ether oxygens (including phenoxy) is 3. The Balaban J connectivity index is 1.47. The van der Waals surface area contributed by atoms with Crippen LogP contribution < -0.4 is 21.0 Å². The minimum absolute atomic E-state index is 0.00488. The fraction of sp³-hybridized carbons (Fsp3) is 0.532. The molecule has 3 aromatic rings. The summed E-state index contributed by atoms with van der Waals surface area (Å²) in [4.78, 5) is 62.2. The van der Waals surface area contributed by atoms with E-state index >= 15 is 0 Å². The third-order valence-corrected chi connectivity index (χ3v) is 18.2. The minimum Gasteiger partial charge on any atom is -0.466 e. The van der Waals surface area contributed by atoms with Gasteiger partial charge in [0, 0.05) is 20.4 Å². The molecule has 0 radical (unpaired) electrons. The van der Waals surface area contributed by atoms with Crippen LogP contribution in [0.25, 0.3) is 0 Å². The lowest BCUT2D eigenvalue weighted by Gasteiger charge is -2.43. The van der Waals surface area contributed by atoms with E-state index < -0.39 is 63.6 Å². The summed E-state index contributed by atoms with van der Waals surface area (Å²) >= 11 is 1.33. The number of nitrogens with zero attached hydrogens (tertiary/aromatic N) is 2. The molecule has 0 spiro atoms. The molecule has 2 N–H and O–H groups in total. The molecule has 1 aromatic heterocycles. The number of carbonyl (C=O) groups is 4. The predicted molar refractivity (Wildman–Crippen MR) is 255 cm³/mol. The van der Waals surface area contributed by atoms with Crippen LogP contribution in [-0.2, 0) is 39.6 Å². The van der Waals surface area contributed by atoms with Crippen molar-refractivity contribution in [2.24, 2.45) is 10.9 Å². The van der Waals surface area contributed by atoms with Crippen LogP contribution in [0.15, 0.2) is 88.5 Å². The topological polar surface area (TPSA) is 168 Å². The molecule has 1 aliphatic heterocycles. The van der Waals surface area contributed by atoms with Gasteiger partial charge in [0.15, 0.2) is 0 Å². The van der Waals surface area contributed by atoms with Crippen LogP contribution in [0.3, 0.4) is 0 Å². The van der Waals surface area contributed by atoms with E-state index in [0.29, 0.717) is 30.4 Å². The van der Waals surface area contributed by atoms with Gasteiger partial charge in [0.25, 0.3) is 8.32 Å². The Hall–Kier alpha value is -4.52. The molecule has 344 valence electrons. The maximum Gasteiger partial charge on any atom is 0.408 e. The van der Waals surface area contributed by atoms with Crippen molar-refractivity contribution in [2.45, 2.75) is 136 Å². The third kappa shape index (κ3) is 15.0.